The molecule has 0 spiro atoms. The van der Waals surface area contributed by atoms with Gasteiger partial charge in [-0.15, -0.1) is 0 Å². The minimum atomic E-state index is -0.541. The second kappa shape index (κ2) is 5.84. The fourth-order valence-corrected chi connectivity index (χ4v) is 3.08. The van der Waals surface area contributed by atoms with Gasteiger partial charge in [-0.25, -0.2) is 8.78 Å². The topological polar surface area (TPSA) is 12.0 Å². The van der Waals surface area contributed by atoms with Crippen LogP contribution in [0.25, 0.3) is 0 Å². The zero-order valence-electron chi connectivity index (χ0n) is 12.1. The second-order valence-electron chi connectivity index (χ2n) is 5.68. The molecule has 0 heterocycles. The van der Waals surface area contributed by atoms with Crippen molar-refractivity contribution in [3.05, 3.63) is 64.7 Å². The Morgan fingerprint density at radius 1 is 1.05 bits per heavy atom. The minimum absolute atomic E-state index is 0.195. The number of hydrogen-bond donors (Lipinski definition) is 1. The lowest BCUT2D eigenvalue weighted by Crippen LogP contribution is -2.13. The third-order valence-electron chi connectivity index (χ3n) is 4.20. The number of nitrogens with one attached hydrogen (secondary N) is 1. The van der Waals surface area contributed by atoms with Crippen LogP contribution in [0.2, 0.25) is 0 Å². The van der Waals surface area contributed by atoms with Crippen LogP contribution in [0.1, 0.15) is 42.5 Å². The van der Waals surface area contributed by atoms with E-state index in [4.69, 9.17) is 0 Å². The molecule has 3 rings (SSSR count). The van der Waals surface area contributed by atoms with Gasteiger partial charge in [-0.2, -0.15) is 0 Å². The summed E-state index contributed by atoms with van der Waals surface area (Å²) in [7, 11) is 0. The van der Waals surface area contributed by atoms with Crippen molar-refractivity contribution in [2.24, 2.45) is 0 Å². The van der Waals surface area contributed by atoms with Gasteiger partial charge < -0.3 is 5.32 Å². The Labute approximate surface area is 124 Å². The maximum Gasteiger partial charge on any atom is 0.131 e. The van der Waals surface area contributed by atoms with Crippen LogP contribution >= 0.6 is 0 Å². The molecule has 1 N–H and O–H groups in total. The van der Waals surface area contributed by atoms with Crippen molar-refractivity contribution in [2.75, 3.05) is 5.32 Å². The number of anilines is 1. The zero-order chi connectivity index (χ0) is 14.8. The Balaban J connectivity index is 1.86. The summed E-state index contributed by atoms with van der Waals surface area (Å²) >= 11 is 0. The lowest BCUT2D eigenvalue weighted by atomic mass is 9.90. The fraction of sp³-hybridized carbons (Fsp3) is 0.333. The molecule has 0 saturated heterocycles. The van der Waals surface area contributed by atoms with Crippen LogP contribution < -0.4 is 5.32 Å². The first kappa shape index (κ1) is 14.1. The molecule has 1 aliphatic carbocycles. The summed E-state index contributed by atoms with van der Waals surface area (Å²) < 4.78 is 26.9. The van der Waals surface area contributed by atoms with E-state index in [1.807, 2.05) is 19.1 Å². The molecule has 3 heteroatoms. The molecule has 1 nitrogen and oxygen atoms in total. The zero-order valence-corrected chi connectivity index (χ0v) is 12.1. The van der Waals surface area contributed by atoms with Crippen molar-refractivity contribution in [2.45, 2.75) is 38.6 Å². The van der Waals surface area contributed by atoms with Crippen LogP contribution in [0.3, 0.4) is 0 Å². The highest BCUT2D eigenvalue weighted by Crippen LogP contribution is 2.30. The molecule has 0 amide bonds. The molecular weight excluding hydrogens is 268 g/mol. The normalized spacial score (nSPS) is 15.4. The van der Waals surface area contributed by atoms with Gasteiger partial charge in [0.15, 0.2) is 0 Å². The van der Waals surface area contributed by atoms with E-state index < -0.39 is 11.6 Å². The molecule has 0 aromatic heterocycles. The maximum absolute atomic E-state index is 13.9. The van der Waals surface area contributed by atoms with Crippen molar-refractivity contribution in [1.29, 1.82) is 0 Å². The van der Waals surface area contributed by atoms with E-state index in [1.165, 1.54) is 36.1 Å². The van der Waals surface area contributed by atoms with Gasteiger partial charge in [-0.1, -0.05) is 18.2 Å². The van der Waals surface area contributed by atoms with Gasteiger partial charge >= 0.3 is 0 Å². The van der Waals surface area contributed by atoms with Crippen molar-refractivity contribution in [3.63, 3.8) is 0 Å². The molecule has 0 saturated carbocycles. The highest BCUT2D eigenvalue weighted by Gasteiger charge is 2.16. The van der Waals surface area contributed by atoms with Crippen molar-refractivity contribution >= 4 is 5.69 Å². The molecule has 2 aromatic rings. The number of benzene rings is 2. The van der Waals surface area contributed by atoms with Crippen molar-refractivity contribution in [3.8, 4) is 0 Å². The first-order valence-electron chi connectivity index (χ1n) is 7.47. The van der Waals surface area contributed by atoms with Crippen molar-refractivity contribution in [1.82, 2.24) is 0 Å². The quantitative estimate of drug-likeness (QED) is 0.836. The molecule has 0 radical (unpaired) electrons. The van der Waals surface area contributed by atoms with E-state index in [9.17, 15) is 8.78 Å². The molecule has 110 valence electrons. The molecule has 0 fully saturated rings. The molecule has 1 atom stereocenters. The van der Waals surface area contributed by atoms with Crippen LogP contribution in [0.5, 0.6) is 0 Å². The molecule has 21 heavy (non-hydrogen) atoms. The summed E-state index contributed by atoms with van der Waals surface area (Å²) in [6.45, 7) is 1.90. The predicted molar refractivity (Wildman–Crippen MR) is 81.5 cm³/mol. The van der Waals surface area contributed by atoms with Crippen LogP contribution in [0.4, 0.5) is 14.5 Å². The number of aryl methyl sites for hydroxylation is 1. The summed E-state index contributed by atoms with van der Waals surface area (Å²) in [5.41, 5.74) is 4.30. The maximum atomic E-state index is 13.9. The largest absolute Gasteiger partial charge is 0.378 e. The second-order valence-corrected chi connectivity index (χ2v) is 5.68. The standard InChI is InChI=1S/C18H19F2N/c1-12(15-10-9-14(19)11-17(15)20)21-18-8-4-6-13-5-2-3-7-16(13)18/h4,6,8-12,21H,2-3,5,7H2,1H3. The number of fused-ring (bicyclic) bond motifs is 1. The van der Waals surface area contributed by atoms with E-state index in [1.54, 1.807) is 0 Å². The van der Waals surface area contributed by atoms with Gasteiger partial charge in [0, 0.05) is 17.3 Å². The average molecular weight is 287 g/mol. The van der Waals surface area contributed by atoms with Gasteiger partial charge in [-0.05, 0) is 55.9 Å². The Kier molecular flexibility index (Phi) is 3.91. The first-order chi connectivity index (χ1) is 10.1. The third kappa shape index (κ3) is 2.92. The number of hydrogen-bond acceptors (Lipinski definition) is 1. The Morgan fingerprint density at radius 3 is 2.67 bits per heavy atom. The summed E-state index contributed by atoms with van der Waals surface area (Å²) in [5, 5.41) is 3.38. The van der Waals surface area contributed by atoms with E-state index in [0.717, 1.165) is 24.6 Å². The SMILES string of the molecule is CC(Nc1cccc2c1CCCC2)c1ccc(F)cc1F. The van der Waals surface area contributed by atoms with E-state index >= 15 is 0 Å². The Hall–Kier alpha value is -1.90. The van der Waals surface area contributed by atoms with Gasteiger partial charge in [0.2, 0.25) is 0 Å². The van der Waals surface area contributed by atoms with Crippen LogP contribution in [0.15, 0.2) is 36.4 Å². The summed E-state index contributed by atoms with van der Waals surface area (Å²) in [5.74, 6) is -1.04. The first-order valence-corrected chi connectivity index (χ1v) is 7.47. The minimum Gasteiger partial charge on any atom is -0.378 e. The van der Waals surface area contributed by atoms with Crippen LogP contribution in [-0.2, 0) is 12.8 Å². The van der Waals surface area contributed by atoms with Crippen LogP contribution in [0, 0.1) is 11.6 Å². The van der Waals surface area contributed by atoms with Gasteiger partial charge in [-0.3, -0.25) is 0 Å². The Morgan fingerprint density at radius 2 is 1.86 bits per heavy atom. The van der Waals surface area contributed by atoms with E-state index in [-0.39, 0.29) is 6.04 Å². The number of rotatable bonds is 3. The highest BCUT2D eigenvalue weighted by atomic mass is 19.1. The third-order valence-corrected chi connectivity index (χ3v) is 4.20. The molecule has 1 aliphatic rings. The molecule has 0 aliphatic heterocycles. The number of halogens is 2. The molecule has 2 aromatic carbocycles. The molecule has 1 unspecified atom stereocenters. The van der Waals surface area contributed by atoms with Crippen molar-refractivity contribution < 1.29 is 8.78 Å². The van der Waals surface area contributed by atoms with E-state index in [2.05, 4.69) is 11.4 Å². The lowest BCUT2D eigenvalue weighted by Gasteiger charge is -2.23. The lowest BCUT2D eigenvalue weighted by molar-refractivity contribution is 0.566. The Bertz CT molecular complexity index is 652. The highest BCUT2D eigenvalue weighted by molar-refractivity contribution is 5.56. The van der Waals surface area contributed by atoms with Gasteiger partial charge in [0.1, 0.15) is 11.6 Å². The van der Waals surface area contributed by atoms with Gasteiger partial charge in [0.25, 0.3) is 0 Å². The fourth-order valence-electron chi connectivity index (χ4n) is 3.08. The average Bonchev–Trinajstić information content (AvgIpc) is 2.47. The summed E-state index contributed by atoms with van der Waals surface area (Å²) in [4.78, 5) is 0. The smallest absolute Gasteiger partial charge is 0.131 e. The van der Waals surface area contributed by atoms with Gasteiger partial charge in [0.05, 0.1) is 6.04 Å². The summed E-state index contributed by atoms with van der Waals surface area (Å²) in [6, 6.07) is 9.81. The predicted octanol–water partition coefficient (Wildman–Crippen LogP) is 5.02. The van der Waals surface area contributed by atoms with Crippen LogP contribution in [-0.4, -0.2) is 0 Å². The summed E-state index contributed by atoms with van der Waals surface area (Å²) in [6.07, 6.45) is 4.62. The molecule has 0 bridgehead atoms. The van der Waals surface area contributed by atoms with E-state index in [0.29, 0.717) is 5.56 Å². The molecular formula is C18H19F2N. The monoisotopic (exact) mass is 287 g/mol.